The molecule has 21 heavy (non-hydrogen) atoms. The van der Waals surface area contributed by atoms with Crippen LogP contribution < -0.4 is 0 Å². The zero-order chi connectivity index (χ0) is 15.8. The summed E-state index contributed by atoms with van der Waals surface area (Å²) < 4.78 is 30.4. The second-order valence-electron chi connectivity index (χ2n) is 4.26. The molecule has 0 aliphatic heterocycles. The maximum Gasteiger partial charge on any atom is 0.325 e. The minimum Gasteiger partial charge on any atom is -0.468 e. The Kier molecular flexibility index (Phi) is 7.14. The Morgan fingerprint density at radius 2 is 2.00 bits per heavy atom. The largest absolute Gasteiger partial charge is 0.468 e. The Hall–Kier alpha value is -1.63. The molecule has 0 aliphatic carbocycles. The number of ether oxygens (including phenoxy) is 1. The summed E-state index contributed by atoms with van der Waals surface area (Å²) in [4.78, 5) is 25.1. The van der Waals surface area contributed by atoms with Gasteiger partial charge in [-0.2, -0.15) is 0 Å². The predicted octanol–water partition coefficient (Wildman–Crippen LogP) is 2.47. The lowest BCUT2D eigenvalue weighted by atomic mass is 10.3. The topological polar surface area (TPSA) is 46.6 Å². The van der Waals surface area contributed by atoms with Crippen molar-refractivity contribution in [1.29, 1.82) is 0 Å². The van der Waals surface area contributed by atoms with Gasteiger partial charge in [-0.1, -0.05) is 6.92 Å². The van der Waals surface area contributed by atoms with Crippen molar-refractivity contribution in [3.05, 3.63) is 29.8 Å². The molecule has 0 radical (unpaired) electrons. The molecule has 1 aromatic carbocycles. The number of hydrogen-bond acceptors (Lipinski definition) is 4. The molecule has 0 heterocycles. The van der Waals surface area contributed by atoms with E-state index in [4.69, 9.17) is 0 Å². The Morgan fingerprint density at radius 1 is 1.29 bits per heavy atom. The van der Waals surface area contributed by atoms with Gasteiger partial charge < -0.3 is 9.64 Å². The number of amides is 1. The van der Waals surface area contributed by atoms with Crippen molar-refractivity contribution < 1.29 is 23.1 Å². The van der Waals surface area contributed by atoms with Crippen LogP contribution in [0.15, 0.2) is 23.1 Å². The van der Waals surface area contributed by atoms with Gasteiger partial charge in [0.2, 0.25) is 5.91 Å². The van der Waals surface area contributed by atoms with Crippen LogP contribution in [-0.2, 0) is 14.3 Å². The summed E-state index contributed by atoms with van der Waals surface area (Å²) >= 11 is 1.09. The molecule has 7 heteroatoms. The third kappa shape index (κ3) is 5.71. The Morgan fingerprint density at radius 3 is 2.57 bits per heavy atom. The third-order valence-electron chi connectivity index (χ3n) is 2.65. The van der Waals surface area contributed by atoms with Gasteiger partial charge in [0.1, 0.15) is 6.54 Å². The average molecular weight is 317 g/mol. The van der Waals surface area contributed by atoms with Crippen LogP contribution in [0.5, 0.6) is 0 Å². The molecule has 1 rings (SSSR count). The van der Waals surface area contributed by atoms with Gasteiger partial charge in [0.15, 0.2) is 11.6 Å². The molecule has 0 atom stereocenters. The number of rotatable bonds is 7. The van der Waals surface area contributed by atoms with E-state index < -0.39 is 17.6 Å². The highest BCUT2D eigenvalue weighted by molar-refractivity contribution is 8.00. The van der Waals surface area contributed by atoms with E-state index in [9.17, 15) is 18.4 Å². The van der Waals surface area contributed by atoms with Crippen LogP contribution in [0.4, 0.5) is 8.78 Å². The van der Waals surface area contributed by atoms with E-state index in [2.05, 4.69) is 4.74 Å². The third-order valence-corrected chi connectivity index (χ3v) is 3.63. The lowest BCUT2D eigenvalue weighted by Gasteiger charge is -2.20. The number of halogens is 2. The standard InChI is InChI=1S/C14H17F2NO3S/c1-3-6-17(8-14(19)20-2)13(18)9-21-10-4-5-11(15)12(16)7-10/h4-5,7H,3,6,8-9H2,1-2H3. The fourth-order valence-corrected chi connectivity index (χ4v) is 2.41. The smallest absolute Gasteiger partial charge is 0.325 e. The Bertz CT molecular complexity index is 511. The first-order valence-electron chi connectivity index (χ1n) is 6.40. The van der Waals surface area contributed by atoms with E-state index in [1.165, 1.54) is 18.1 Å². The van der Waals surface area contributed by atoms with Crippen molar-refractivity contribution >= 4 is 23.6 Å². The predicted molar refractivity (Wildman–Crippen MR) is 76.0 cm³/mol. The first-order valence-corrected chi connectivity index (χ1v) is 7.39. The van der Waals surface area contributed by atoms with Gasteiger partial charge in [-0.3, -0.25) is 9.59 Å². The molecule has 116 valence electrons. The van der Waals surface area contributed by atoms with E-state index in [-0.39, 0.29) is 18.2 Å². The van der Waals surface area contributed by atoms with Gasteiger partial charge in [-0.05, 0) is 24.6 Å². The summed E-state index contributed by atoms with van der Waals surface area (Å²) in [5, 5.41) is 0. The van der Waals surface area contributed by atoms with E-state index >= 15 is 0 Å². The number of methoxy groups -OCH3 is 1. The van der Waals surface area contributed by atoms with Crippen LogP contribution in [0, 0.1) is 11.6 Å². The zero-order valence-corrected chi connectivity index (χ0v) is 12.7. The van der Waals surface area contributed by atoms with Crippen molar-refractivity contribution in [3.63, 3.8) is 0 Å². The molecule has 0 N–H and O–H groups in total. The molecule has 0 spiro atoms. The van der Waals surface area contributed by atoms with Gasteiger partial charge in [0.05, 0.1) is 12.9 Å². The van der Waals surface area contributed by atoms with E-state index in [0.29, 0.717) is 17.9 Å². The molecular formula is C14H17F2NO3S. The molecule has 0 unspecified atom stereocenters. The molecule has 0 aliphatic rings. The molecule has 1 amide bonds. The molecule has 0 saturated heterocycles. The molecule has 4 nitrogen and oxygen atoms in total. The summed E-state index contributed by atoms with van der Waals surface area (Å²) in [6.07, 6.45) is 0.707. The zero-order valence-electron chi connectivity index (χ0n) is 11.9. The van der Waals surface area contributed by atoms with Crippen molar-refractivity contribution in [2.24, 2.45) is 0 Å². The maximum absolute atomic E-state index is 13.1. The normalized spacial score (nSPS) is 10.3. The number of benzene rings is 1. The quantitative estimate of drug-likeness (QED) is 0.572. The van der Waals surface area contributed by atoms with Crippen molar-refractivity contribution in [1.82, 2.24) is 4.90 Å². The minimum absolute atomic E-state index is 0.0437. The summed E-state index contributed by atoms with van der Waals surface area (Å²) in [5.74, 6) is -2.58. The Labute approximate surface area is 126 Å². The van der Waals surface area contributed by atoms with E-state index in [0.717, 1.165) is 23.9 Å². The van der Waals surface area contributed by atoms with Crippen molar-refractivity contribution in [3.8, 4) is 0 Å². The molecule has 0 aromatic heterocycles. The summed E-state index contributed by atoms with van der Waals surface area (Å²) in [6.45, 7) is 2.22. The van der Waals surface area contributed by atoms with Gasteiger partial charge >= 0.3 is 5.97 Å². The first kappa shape index (κ1) is 17.4. The van der Waals surface area contributed by atoms with E-state index in [1.54, 1.807) is 0 Å². The highest BCUT2D eigenvalue weighted by Crippen LogP contribution is 2.20. The number of hydrogen-bond donors (Lipinski definition) is 0. The van der Waals surface area contributed by atoms with Gasteiger partial charge in [0.25, 0.3) is 0 Å². The highest BCUT2D eigenvalue weighted by atomic mass is 32.2. The summed E-state index contributed by atoms with van der Waals surface area (Å²) in [5.41, 5.74) is 0. The lowest BCUT2D eigenvalue weighted by Crippen LogP contribution is -2.37. The van der Waals surface area contributed by atoms with Gasteiger partial charge in [-0.15, -0.1) is 11.8 Å². The van der Waals surface area contributed by atoms with Crippen molar-refractivity contribution in [2.75, 3.05) is 26.0 Å². The summed E-state index contributed by atoms with van der Waals surface area (Å²) in [7, 11) is 1.26. The number of carbonyl (C=O) groups is 2. The van der Waals surface area contributed by atoms with Crippen LogP contribution in [0.3, 0.4) is 0 Å². The fraction of sp³-hybridized carbons (Fsp3) is 0.429. The van der Waals surface area contributed by atoms with Crippen LogP contribution in [0.1, 0.15) is 13.3 Å². The number of nitrogens with zero attached hydrogens (tertiary/aromatic N) is 1. The molecule has 0 saturated carbocycles. The number of carbonyl (C=O) groups excluding carboxylic acids is 2. The van der Waals surface area contributed by atoms with Gasteiger partial charge in [0, 0.05) is 11.4 Å². The second kappa shape index (κ2) is 8.61. The van der Waals surface area contributed by atoms with E-state index in [1.807, 2.05) is 6.92 Å². The van der Waals surface area contributed by atoms with Crippen molar-refractivity contribution in [2.45, 2.75) is 18.2 Å². The lowest BCUT2D eigenvalue weighted by molar-refractivity contribution is -0.146. The molecule has 0 fully saturated rings. The highest BCUT2D eigenvalue weighted by Gasteiger charge is 2.17. The van der Waals surface area contributed by atoms with Gasteiger partial charge in [-0.25, -0.2) is 8.78 Å². The minimum atomic E-state index is -0.951. The molecular weight excluding hydrogens is 300 g/mol. The van der Waals surface area contributed by atoms with Crippen LogP contribution in [0.2, 0.25) is 0 Å². The van der Waals surface area contributed by atoms with Crippen LogP contribution in [0.25, 0.3) is 0 Å². The summed E-state index contributed by atoms with van der Waals surface area (Å²) in [6, 6.07) is 3.46. The Balaban J connectivity index is 2.60. The van der Waals surface area contributed by atoms with Crippen LogP contribution >= 0.6 is 11.8 Å². The molecule has 1 aromatic rings. The molecule has 0 bridgehead atoms. The number of thioether (sulfide) groups is 1. The fourth-order valence-electron chi connectivity index (χ4n) is 1.59. The number of esters is 1. The first-order chi connectivity index (χ1) is 9.97. The SMILES string of the molecule is CCCN(CC(=O)OC)C(=O)CSc1ccc(F)c(F)c1. The van der Waals surface area contributed by atoms with Crippen LogP contribution in [-0.4, -0.2) is 42.7 Å². The average Bonchev–Trinajstić information content (AvgIpc) is 2.47. The maximum atomic E-state index is 13.1. The second-order valence-corrected chi connectivity index (χ2v) is 5.30. The monoisotopic (exact) mass is 317 g/mol.